The first-order valence-electron chi connectivity index (χ1n) is 8.96. The summed E-state index contributed by atoms with van der Waals surface area (Å²) in [7, 11) is -0.225. The third kappa shape index (κ3) is 4.02. The molecular weight excluding hydrogens is 430 g/mol. The second kappa shape index (κ2) is 8.02. The van der Waals surface area contributed by atoms with Gasteiger partial charge in [-0.3, -0.25) is 4.79 Å². The Bertz CT molecular complexity index is 1260. The van der Waals surface area contributed by atoms with E-state index in [0.29, 0.717) is 15.4 Å². The summed E-state index contributed by atoms with van der Waals surface area (Å²) in [4.78, 5) is 17.6. The number of hydrogen-bond acceptors (Lipinski definition) is 4. The van der Waals surface area contributed by atoms with Crippen LogP contribution in [0.25, 0.3) is 10.2 Å². The molecule has 0 atom stereocenters. The molecule has 0 radical (unpaired) electrons. The molecule has 0 aliphatic carbocycles. The van der Waals surface area contributed by atoms with Crippen molar-refractivity contribution in [3.05, 3.63) is 57.3 Å². The molecule has 0 N–H and O–H groups in total. The molecule has 29 heavy (non-hydrogen) atoms. The lowest BCUT2D eigenvalue weighted by molar-refractivity contribution is 0.0998. The standard InChI is InChI=1S/C20H22ClN3O3S2/c1-12(2)24(5)29(26,27)15-8-6-14(7-9-15)19(25)22-20-23(4)18-13(3)16(21)10-11-17(18)28-20/h6-12H,1-5H3. The third-order valence-corrected chi connectivity index (χ3v) is 8.41. The fourth-order valence-corrected chi connectivity index (χ4v) is 5.47. The molecule has 3 aromatic rings. The van der Waals surface area contributed by atoms with Gasteiger partial charge in [-0.25, -0.2) is 8.42 Å². The highest BCUT2D eigenvalue weighted by Gasteiger charge is 2.23. The monoisotopic (exact) mass is 451 g/mol. The van der Waals surface area contributed by atoms with Crippen molar-refractivity contribution in [3.63, 3.8) is 0 Å². The van der Waals surface area contributed by atoms with E-state index in [2.05, 4.69) is 4.99 Å². The number of benzene rings is 2. The number of aromatic nitrogens is 1. The minimum Gasteiger partial charge on any atom is -0.319 e. The highest BCUT2D eigenvalue weighted by atomic mass is 35.5. The van der Waals surface area contributed by atoms with Crippen LogP contribution in [0.2, 0.25) is 5.02 Å². The summed E-state index contributed by atoms with van der Waals surface area (Å²) < 4.78 is 29.2. The molecule has 1 amide bonds. The summed E-state index contributed by atoms with van der Waals surface area (Å²) in [6.45, 7) is 5.53. The summed E-state index contributed by atoms with van der Waals surface area (Å²) >= 11 is 7.60. The smallest absolute Gasteiger partial charge is 0.279 e. The molecule has 3 rings (SSSR count). The average Bonchev–Trinajstić information content (AvgIpc) is 3.00. The second-order valence-corrected chi connectivity index (χ2v) is 10.4. The second-order valence-electron chi connectivity index (χ2n) is 7.02. The molecule has 2 aromatic carbocycles. The Balaban J connectivity index is 1.97. The van der Waals surface area contributed by atoms with Gasteiger partial charge in [-0.2, -0.15) is 9.30 Å². The SMILES string of the molecule is Cc1c(Cl)ccc2sc(=NC(=O)c3ccc(S(=O)(=O)N(C)C(C)C)cc3)n(C)c12. The van der Waals surface area contributed by atoms with Gasteiger partial charge in [0, 0.05) is 30.7 Å². The van der Waals surface area contributed by atoms with Crippen molar-refractivity contribution < 1.29 is 13.2 Å². The number of hydrogen-bond donors (Lipinski definition) is 0. The maximum absolute atomic E-state index is 12.6. The molecule has 0 saturated heterocycles. The molecule has 0 aliphatic heterocycles. The zero-order chi connectivity index (χ0) is 21.5. The van der Waals surface area contributed by atoms with Crippen LogP contribution in [-0.4, -0.2) is 36.3 Å². The van der Waals surface area contributed by atoms with E-state index in [1.807, 2.05) is 30.7 Å². The normalized spacial score (nSPS) is 13.0. The van der Waals surface area contributed by atoms with Crippen molar-refractivity contribution in [3.8, 4) is 0 Å². The molecule has 0 spiro atoms. The molecule has 1 heterocycles. The lowest BCUT2D eigenvalue weighted by Crippen LogP contribution is -2.33. The molecule has 6 nitrogen and oxygen atoms in total. The van der Waals surface area contributed by atoms with Crippen molar-refractivity contribution in [1.82, 2.24) is 8.87 Å². The van der Waals surface area contributed by atoms with E-state index in [9.17, 15) is 13.2 Å². The lowest BCUT2D eigenvalue weighted by atomic mass is 10.2. The number of fused-ring (bicyclic) bond motifs is 1. The van der Waals surface area contributed by atoms with Crippen LogP contribution in [0.4, 0.5) is 0 Å². The third-order valence-electron chi connectivity index (χ3n) is 4.85. The fraction of sp³-hybridized carbons (Fsp3) is 0.300. The fourth-order valence-electron chi connectivity index (χ4n) is 2.87. The van der Waals surface area contributed by atoms with E-state index in [0.717, 1.165) is 15.8 Å². The largest absolute Gasteiger partial charge is 0.319 e. The Morgan fingerprint density at radius 3 is 2.38 bits per heavy atom. The summed E-state index contributed by atoms with van der Waals surface area (Å²) in [6.07, 6.45) is 0. The Morgan fingerprint density at radius 1 is 1.17 bits per heavy atom. The van der Waals surface area contributed by atoms with Crippen molar-refractivity contribution in [2.45, 2.75) is 31.7 Å². The molecule has 1 aromatic heterocycles. The number of amides is 1. The Labute approximate surface area is 179 Å². The number of rotatable bonds is 4. The van der Waals surface area contributed by atoms with Crippen LogP contribution >= 0.6 is 22.9 Å². The van der Waals surface area contributed by atoms with E-state index >= 15 is 0 Å². The number of sulfonamides is 1. The van der Waals surface area contributed by atoms with Crippen molar-refractivity contribution in [2.24, 2.45) is 12.0 Å². The maximum Gasteiger partial charge on any atom is 0.279 e. The number of thiazole rings is 1. The first-order valence-corrected chi connectivity index (χ1v) is 11.6. The van der Waals surface area contributed by atoms with Gasteiger partial charge in [0.15, 0.2) is 4.80 Å². The van der Waals surface area contributed by atoms with Crippen LogP contribution < -0.4 is 4.80 Å². The lowest BCUT2D eigenvalue weighted by Gasteiger charge is -2.20. The molecule has 0 bridgehead atoms. The average molecular weight is 452 g/mol. The minimum atomic E-state index is -3.60. The number of halogens is 1. The van der Waals surface area contributed by atoms with Crippen LogP contribution in [0.5, 0.6) is 0 Å². The summed E-state index contributed by atoms with van der Waals surface area (Å²) in [5, 5.41) is 0.659. The van der Waals surface area contributed by atoms with Gasteiger partial charge in [-0.1, -0.05) is 22.9 Å². The van der Waals surface area contributed by atoms with Crippen molar-refractivity contribution >= 4 is 49.1 Å². The molecule has 0 fully saturated rings. The molecule has 0 saturated carbocycles. The van der Waals surface area contributed by atoms with E-state index < -0.39 is 15.9 Å². The van der Waals surface area contributed by atoms with Gasteiger partial charge in [0.05, 0.1) is 15.1 Å². The predicted octanol–water partition coefficient (Wildman–Crippen LogP) is 3.97. The van der Waals surface area contributed by atoms with Gasteiger partial charge < -0.3 is 4.57 Å². The van der Waals surface area contributed by atoms with E-state index in [-0.39, 0.29) is 10.9 Å². The Hall–Kier alpha value is -2.00. The number of carbonyl (C=O) groups is 1. The number of aryl methyl sites for hydroxylation is 2. The zero-order valence-electron chi connectivity index (χ0n) is 16.8. The van der Waals surface area contributed by atoms with E-state index in [1.54, 1.807) is 13.8 Å². The molecule has 0 unspecified atom stereocenters. The molecule has 154 valence electrons. The number of carbonyl (C=O) groups excluding carboxylic acids is 1. The first-order chi connectivity index (χ1) is 13.5. The van der Waals surface area contributed by atoms with Crippen molar-refractivity contribution in [1.29, 1.82) is 0 Å². The van der Waals surface area contributed by atoms with Crippen LogP contribution in [0, 0.1) is 6.92 Å². The molecular formula is C20H22ClN3O3S2. The minimum absolute atomic E-state index is 0.142. The molecule has 9 heteroatoms. The maximum atomic E-state index is 12.6. The Morgan fingerprint density at radius 2 is 1.79 bits per heavy atom. The summed E-state index contributed by atoms with van der Waals surface area (Å²) in [6, 6.07) is 9.42. The van der Waals surface area contributed by atoms with Crippen LogP contribution in [0.1, 0.15) is 29.8 Å². The van der Waals surface area contributed by atoms with Crippen LogP contribution in [0.15, 0.2) is 46.3 Å². The number of nitrogens with zero attached hydrogens (tertiary/aromatic N) is 3. The first kappa shape index (κ1) is 21.7. The van der Waals surface area contributed by atoms with Crippen LogP contribution in [0.3, 0.4) is 0 Å². The van der Waals surface area contributed by atoms with Gasteiger partial charge in [-0.05, 0) is 62.7 Å². The van der Waals surface area contributed by atoms with E-state index in [4.69, 9.17) is 11.6 Å². The molecule has 0 aliphatic rings. The van der Waals surface area contributed by atoms with Gasteiger partial charge in [-0.15, -0.1) is 0 Å². The van der Waals surface area contributed by atoms with Gasteiger partial charge in [0.2, 0.25) is 10.0 Å². The summed E-state index contributed by atoms with van der Waals surface area (Å²) in [5.41, 5.74) is 2.19. The van der Waals surface area contributed by atoms with Crippen molar-refractivity contribution in [2.75, 3.05) is 7.05 Å². The highest BCUT2D eigenvalue weighted by Crippen LogP contribution is 2.26. The van der Waals surface area contributed by atoms with Gasteiger partial charge >= 0.3 is 0 Å². The predicted molar refractivity (Wildman–Crippen MR) is 117 cm³/mol. The Kier molecular flexibility index (Phi) is 6.01. The zero-order valence-corrected chi connectivity index (χ0v) is 19.2. The van der Waals surface area contributed by atoms with Gasteiger partial charge in [0.25, 0.3) is 5.91 Å². The topological polar surface area (TPSA) is 71.7 Å². The quantitative estimate of drug-likeness (QED) is 0.602. The summed E-state index contributed by atoms with van der Waals surface area (Å²) in [5.74, 6) is -0.433. The van der Waals surface area contributed by atoms with E-state index in [1.165, 1.54) is 47.0 Å². The van der Waals surface area contributed by atoms with Gasteiger partial charge in [0.1, 0.15) is 0 Å². The highest BCUT2D eigenvalue weighted by molar-refractivity contribution is 7.89. The van der Waals surface area contributed by atoms with Crippen LogP contribution in [-0.2, 0) is 17.1 Å².